The van der Waals surface area contributed by atoms with Gasteiger partial charge in [-0.15, -0.1) is 0 Å². The van der Waals surface area contributed by atoms with Crippen LogP contribution in [0.15, 0.2) is 59.0 Å². The van der Waals surface area contributed by atoms with E-state index in [0.717, 1.165) is 17.6 Å². The molecule has 2 aromatic heterocycles. The highest BCUT2D eigenvalue weighted by Gasteiger charge is 2.16. The van der Waals surface area contributed by atoms with Crippen LogP contribution in [0.2, 0.25) is 0 Å². The molecule has 0 bridgehead atoms. The van der Waals surface area contributed by atoms with Crippen molar-refractivity contribution in [3.63, 3.8) is 0 Å². The standard InChI is InChI=1S/C23H21NO/c1-3-4-7-15-10-12-20-18(14-15)22-21(25-20)13-11-17-16-8-5-6-9-19(16)24(2)23(17)22/h5-6,8-14H,3-4,7H2,1-2H3. The van der Waals surface area contributed by atoms with Crippen LogP contribution >= 0.6 is 0 Å². The predicted molar refractivity (Wildman–Crippen MR) is 106 cm³/mol. The van der Waals surface area contributed by atoms with Gasteiger partial charge in [0.25, 0.3) is 0 Å². The van der Waals surface area contributed by atoms with E-state index in [-0.39, 0.29) is 0 Å². The summed E-state index contributed by atoms with van der Waals surface area (Å²) in [5, 5.41) is 5.08. The van der Waals surface area contributed by atoms with Crippen LogP contribution in [0.3, 0.4) is 0 Å². The van der Waals surface area contributed by atoms with Gasteiger partial charge in [-0.25, -0.2) is 0 Å². The predicted octanol–water partition coefficient (Wildman–Crippen LogP) is 6.57. The first kappa shape index (κ1) is 14.6. The van der Waals surface area contributed by atoms with Crippen LogP contribution < -0.4 is 0 Å². The Morgan fingerprint density at radius 3 is 2.60 bits per heavy atom. The first-order valence-electron chi connectivity index (χ1n) is 9.09. The molecule has 5 rings (SSSR count). The molecule has 25 heavy (non-hydrogen) atoms. The fraction of sp³-hybridized carbons (Fsp3) is 0.217. The third-order valence-corrected chi connectivity index (χ3v) is 5.38. The molecule has 0 radical (unpaired) electrons. The van der Waals surface area contributed by atoms with Crippen LogP contribution in [0.25, 0.3) is 43.7 Å². The van der Waals surface area contributed by atoms with Crippen molar-refractivity contribution in [1.82, 2.24) is 4.57 Å². The molecular formula is C23H21NO. The van der Waals surface area contributed by atoms with E-state index in [1.165, 1.54) is 51.0 Å². The molecule has 3 aromatic carbocycles. The SMILES string of the molecule is CCCCc1ccc2oc3ccc4c5ccccc5n(C)c4c3c2c1. The molecule has 0 N–H and O–H groups in total. The third-order valence-electron chi connectivity index (χ3n) is 5.38. The van der Waals surface area contributed by atoms with Crippen molar-refractivity contribution in [2.45, 2.75) is 26.2 Å². The molecule has 2 heteroatoms. The maximum Gasteiger partial charge on any atom is 0.137 e. The Labute approximate surface area is 146 Å². The molecule has 0 unspecified atom stereocenters. The molecule has 0 fully saturated rings. The number of hydrogen-bond acceptors (Lipinski definition) is 1. The van der Waals surface area contributed by atoms with E-state index in [1.807, 2.05) is 0 Å². The van der Waals surface area contributed by atoms with Crippen molar-refractivity contribution in [1.29, 1.82) is 0 Å². The van der Waals surface area contributed by atoms with Gasteiger partial charge in [-0.2, -0.15) is 0 Å². The molecule has 0 atom stereocenters. The summed E-state index contributed by atoms with van der Waals surface area (Å²) in [6.07, 6.45) is 3.58. The van der Waals surface area contributed by atoms with Crippen LogP contribution in [-0.2, 0) is 13.5 Å². The molecule has 0 aliphatic rings. The van der Waals surface area contributed by atoms with E-state index in [9.17, 15) is 0 Å². The van der Waals surface area contributed by atoms with E-state index in [1.54, 1.807) is 0 Å². The number of hydrogen-bond donors (Lipinski definition) is 0. The molecule has 5 aromatic rings. The van der Waals surface area contributed by atoms with E-state index in [2.05, 4.69) is 73.1 Å². The lowest BCUT2D eigenvalue weighted by molar-refractivity contribution is 0.669. The third kappa shape index (κ3) is 2.03. The van der Waals surface area contributed by atoms with E-state index < -0.39 is 0 Å². The smallest absolute Gasteiger partial charge is 0.137 e. The van der Waals surface area contributed by atoms with Gasteiger partial charge in [0.2, 0.25) is 0 Å². The largest absolute Gasteiger partial charge is 0.456 e. The van der Waals surface area contributed by atoms with Crippen LogP contribution in [0.1, 0.15) is 25.3 Å². The number of benzene rings is 3. The van der Waals surface area contributed by atoms with Gasteiger partial charge < -0.3 is 8.98 Å². The van der Waals surface area contributed by atoms with Gasteiger partial charge in [0.15, 0.2) is 0 Å². The molecule has 2 heterocycles. The Bertz CT molecular complexity index is 1240. The first-order chi connectivity index (χ1) is 12.3. The Morgan fingerprint density at radius 2 is 1.72 bits per heavy atom. The Kier molecular flexibility index (Phi) is 3.14. The van der Waals surface area contributed by atoms with Gasteiger partial charge in [-0.1, -0.05) is 37.6 Å². The fourth-order valence-electron chi connectivity index (χ4n) is 4.11. The maximum absolute atomic E-state index is 6.16. The summed E-state index contributed by atoms with van der Waals surface area (Å²) in [6, 6.07) is 19.6. The first-order valence-corrected chi connectivity index (χ1v) is 9.09. The van der Waals surface area contributed by atoms with Crippen LogP contribution in [0.4, 0.5) is 0 Å². The van der Waals surface area contributed by atoms with Crippen molar-refractivity contribution in [2.24, 2.45) is 7.05 Å². The van der Waals surface area contributed by atoms with Crippen LogP contribution in [-0.4, -0.2) is 4.57 Å². The number of para-hydroxylation sites is 1. The maximum atomic E-state index is 6.16. The highest BCUT2D eigenvalue weighted by molar-refractivity contribution is 6.23. The minimum absolute atomic E-state index is 0.973. The second-order valence-electron chi connectivity index (χ2n) is 6.95. The van der Waals surface area contributed by atoms with E-state index in [4.69, 9.17) is 4.42 Å². The van der Waals surface area contributed by atoms with Crippen molar-refractivity contribution in [3.05, 3.63) is 60.2 Å². The summed E-state index contributed by atoms with van der Waals surface area (Å²) in [7, 11) is 2.16. The van der Waals surface area contributed by atoms with Crippen LogP contribution in [0.5, 0.6) is 0 Å². The van der Waals surface area contributed by atoms with E-state index in [0.29, 0.717) is 0 Å². The lowest BCUT2D eigenvalue weighted by Gasteiger charge is -2.02. The summed E-state index contributed by atoms with van der Waals surface area (Å²) in [5.41, 5.74) is 5.88. The molecule has 0 saturated carbocycles. The summed E-state index contributed by atoms with van der Waals surface area (Å²) in [6.45, 7) is 2.24. The number of rotatable bonds is 3. The highest BCUT2D eigenvalue weighted by atomic mass is 16.3. The molecule has 0 amide bonds. The number of fused-ring (bicyclic) bond motifs is 7. The van der Waals surface area contributed by atoms with Crippen molar-refractivity contribution in [3.8, 4) is 0 Å². The van der Waals surface area contributed by atoms with Crippen molar-refractivity contribution >= 4 is 43.7 Å². The zero-order valence-electron chi connectivity index (χ0n) is 14.7. The Hall–Kier alpha value is -2.74. The van der Waals surface area contributed by atoms with Gasteiger partial charge in [-0.05, 0) is 48.7 Å². The Morgan fingerprint density at radius 1 is 0.880 bits per heavy atom. The summed E-state index contributed by atoms with van der Waals surface area (Å²) in [5.74, 6) is 0. The van der Waals surface area contributed by atoms with Crippen molar-refractivity contribution < 1.29 is 4.42 Å². The normalized spacial score (nSPS) is 12.1. The van der Waals surface area contributed by atoms with Gasteiger partial charge >= 0.3 is 0 Å². The lowest BCUT2D eigenvalue weighted by atomic mass is 10.0. The van der Waals surface area contributed by atoms with E-state index >= 15 is 0 Å². The fourth-order valence-corrected chi connectivity index (χ4v) is 4.11. The van der Waals surface area contributed by atoms with Gasteiger partial charge in [0.05, 0.1) is 10.9 Å². The number of nitrogens with zero attached hydrogens (tertiary/aromatic N) is 1. The monoisotopic (exact) mass is 327 g/mol. The van der Waals surface area contributed by atoms with Gasteiger partial charge in [0, 0.05) is 28.7 Å². The number of aryl methyl sites for hydroxylation is 2. The molecule has 2 nitrogen and oxygen atoms in total. The summed E-state index contributed by atoms with van der Waals surface area (Å²) >= 11 is 0. The number of unbranched alkanes of at least 4 members (excludes halogenated alkanes) is 1. The second kappa shape index (κ2) is 5.38. The summed E-state index contributed by atoms with van der Waals surface area (Å²) in [4.78, 5) is 0. The molecule has 0 spiro atoms. The summed E-state index contributed by atoms with van der Waals surface area (Å²) < 4.78 is 8.46. The minimum atomic E-state index is 0.973. The molecule has 0 saturated heterocycles. The number of aromatic nitrogens is 1. The zero-order valence-corrected chi connectivity index (χ0v) is 14.7. The average Bonchev–Trinajstić information content (AvgIpc) is 3.15. The number of furan rings is 1. The second-order valence-corrected chi connectivity index (χ2v) is 6.95. The molecular weight excluding hydrogens is 306 g/mol. The zero-order chi connectivity index (χ0) is 17.0. The average molecular weight is 327 g/mol. The highest BCUT2D eigenvalue weighted by Crippen LogP contribution is 2.38. The van der Waals surface area contributed by atoms with Crippen LogP contribution in [0, 0.1) is 0 Å². The molecule has 124 valence electrons. The Balaban J connectivity index is 1.93. The quantitative estimate of drug-likeness (QED) is 0.366. The van der Waals surface area contributed by atoms with Gasteiger partial charge in [0.1, 0.15) is 11.2 Å². The lowest BCUT2D eigenvalue weighted by Crippen LogP contribution is -1.87. The topological polar surface area (TPSA) is 18.1 Å². The van der Waals surface area contributed by atoms with Gasteiger partial charge in [-0.3, -0.25) is 0 Å². The molecule has 0 aliphatic carbocycles. The molecule has 0 aliphatic heterocycles. The minimum Gasteiger partial charge on any atom is -0.456 e. The van der Waals surface area contributed by atoms with Crippen molar-refractivity contribution in [2.75, 3.05) is 0 Å².